The first-order chi connectivity index (χ1) is 8.31. The highest BCUT2D eigenvalue weighted by atomic mass is 79.9. The average Bonchev–Trinajstić information content (AvgIpc) is 2.56. The monoisotopic (exact) mass is 318 g/mol. The third kappa shape index (κ3) is 3.59. The molecule has 1 aromatic heterocycles. The summed E-state index contributed by atoms with van der Waals surface area (Å²) in [4.78, 5) is 33.0. The Balaban J connectivity index is 2.81. The van der Waals surface area contributed by atoms with Gasteiger partial charge in [-0.2, -0.15) is 0 Å². The molecule has 8 heteroatoms. The third-order valence-corrected chi connectivity index (χ3v) is 2.62. The molecule has 0 unspecified atom stereocenters. The highest BCUT2D eigenvalue weighted by Gasteiger charge is 2.24. The summed E-state index contributed by atoms with van der Waals surface area (Å²) in [7, 11) is 1.62. The largest absolute Gasteiger partial charge is 0.481 e. The molecular formula is C10H11BrN2O5. The van der Waals surface area contributed by atoms with E-state index in [1.54, 1.807) is 13.2 Å². The third-order valence-electron chi connectivity index (χ3n) is 2.19. The molecule has 0 aliphatic rings. The van der Waals surface area contributed by atoms with Gasteiger partial charge in [-0.15, -0.1) is 0 Å². The molecule has 0 spiro atoms. The van der Waals surface area contributed by atoms with E-state index in [4.69, 9.17) is 10.2 Å². The van der Waals surface area contributed by atoms with Crippen LogP contribution in [-0.2, 0) is 16.6 Å². The molecule has 0 aliphatic heterocycles. The minimum atomic E-state index is -1.45. The van der Waals surface area contributed by atoms with Crippen molar-refractivity contribution < 1.29 is 24.6 Å². The standard InChI is InChI=1S/C10H11BrN2O5/c1-13-4-5(11)2-7(13)9(16)12-6(10(17)18)3-8(14)15/h2,4,6H,3H2,1H3,(H,12,16)(H,14,15)(H,17,18)/t6-/m0/s1. The molecule has 1 heterocycles. The van der Waals surface area contributed by atoms with Gasteiger partial charge in [0.15, 0.2) is 0 Å². The van der Waals surface area contributed by atoms with Gasteiger partial charge in [0.25, 0.3) is 5.91 Å². The number of rotatable bonds is 5. The molecule has 0 fully saturated rings. The average molecular weight is 319 g/mol. The number of aliphatic carboxylic acids is 2. The van der Waals surface area contributed by atoms with Crippen molar-refractivity contribution >= 4 is 33.8 Å². The number of hydrogen-bond acceptors (Lipinski definition) is 3. The van der Waals surface area contributed by atoms with Crippen LogP contribution in [0.3, 0.4) is 0 Å². The Kier molecular flexibility index (Phi) is 4.49. The van der Waals surface area contributed by atoms with Gasteiger partial charge < -0.3 is 20.1 Å². The summed E-state index contributed by atoms with van der Waals surface area (Å²) in [5, 5.41) is 19.5. The summed E-state index contributed by atoms with van der Waals surface area (Å²) < 4.78 is 2.17. The van der Waals surface area contributed by atoms with Crippen molar-refractivity contribution in [3.63, 3.8) is 0 Å². The van der Waals surface area contributed by atoms with Gasteiger partial charge in [-0.25, -0.2) is 4.79 Å². The van der Waals surface area contributed by atoms with Gasteiger partial charge in [-0.05, 0) is 22.0 Å². The quantitative estimate of drug-likeness (QED) is 0.730. The second kappa shape index (κ2) is 5.67. The summed E-state index contributed by atoms with van der Waals surface area (Å²) >= 11 is 3.18. The number of nitrogens with one attached hydrogen (secondary N) is 1. The summed E-state index contributed by atoms with van der Waals surface area (Å²) in [5.74, 6) is -3.33. The summed E-state index contributed by atoms with van der Waals surface area (Å²) in [6.07, 6.45) is 0.953. The van der Waals surface area contributed by atoms with Gasteiger partial charge in [-0.3, -0.25) is 9.59 Å². The molecule has 1 atom stereocenters. The lowest BCUT2D eigenvalue weighted by Gasteiger charge is -2.12. The van der Waals surface area contributed by atoms with Crippen LogP contribution < -0.4 is 5.32 Å². The molecule has 1 rings (SSSR count). The van der Waals surface area contributed by atoms with Crippen molar-refractivity contribution in [2.75, 3.05) is 0 Å². The number of carboxylic acid groups (broad SMARTS) is 2. The maximum absolute atomic E-state index is 11.8. The van der Waals surface area contributed by atoms with Crippen molar-refractivity contribution in [2.45, 2.75) is 12.5 Å². The van der Waals surface area contributed by atoms with Crippen molar-refractivity contribution in [3.8, 4) is 0 Å². The smallest absolute Gasteiger partial charge is 0.326 e. The van der Waals surface area contributed by atoms with Gasteiger partial charge in [0, 0.05) is 17.7 Å². The normalized spacial score (nSPS) is 11.9. The fourth-order valence-electron chi connectivity index (χ4n) is 1.36. The summed E-state index contributed by atoms with van der Waals surface area (Å²) in [6, 6.07) is 0.0540. The van der Waals surface area contributed by atoms with E-state index in [1.165, 1.54) is 10.6 Å². The maximum atomic E-state index is 11.8. The second-order valence-corrected chi connectivity index (χ2v) is 4.53. The molecule has 98 valence electrons. The SMILES string of the molecule is Cn1cc(Br)cc1C(=O)N[C@@H](CC(=O)O)C(=O)O. The molecule has 1 aromatic rings. The first kappa shape index (κ1) is 14.2. The zero-order valence-corrected chi connectivity index (χ0v) is 11.0. The number of amides is 1. The first-order valence-electron chi connectivity index (χ1n) is 4.88. The number of nitrogens with zero attached hydrogens (tertiary/aromatic N) is 1. The van der Waals surface area contributed by atoms with Crippen molar-refractivity contribution in [1.29, 1.82) is 0 Å². The van der Waals surface area contributed by atoms with E-state index in [-0.39, 0.29) is 5.69 Å². The van der Waals surface area contributed by atoms with E-state index in [1.807, 2.05) is 0 Å². The predicted octanol–water partition coefficient (Wildman–Crippen LogP) is 0.445. The molecule has 0 bridgehead atoms. The number of carboxylic acids is 2. The topological polar surface area (TPSA) is 109 Å². The van der Waals surface area contributed by atoms with Crippen LogP contribution in [0.25, 0.3) is 0 Å². The van der Waals surface area contributed by atoms with Crippen LogP contribution in [0.15, 0.2) is 16.7 Å². The Morgan fingerprint density at radius 2 is 2.06 bits per heavy atom. The van der Waals surface area contributed by atoms with E-state index >= 15 is 0 Å². The minimum Gasteiger partial charge on any atom is -0.481 e. The zero-order chi connectivity index (χ0) is 13.9. The lowest BCUT2D eigenvalue weighted by molar-refractivity contribution is -0.145. The summed E-state index contributed by atoms with van der Waals surface area (Å²) in [6.45, 7) is 0. The number of aromatic nitrogens is 1. The molecule has 1 amide bonds. The molecule has 0 radical (unpaired) electrons. The molecule has 0 saturated carbocycles. The van der Waals surface area contributed by atoms with Gasteiger partial charge in [0.2, 0.25) is 0 Å². The van der Waals surface area contributed by atoms with Crippen LogP contribution >= 0.6 is 15.9 Å². The van der Waals surface area contributed by atoms with E-state index in [9.17, 15) is 14.4 Å². The van der Waals surface area contributed by atoms with Gasteiger partial charge in [0.05, 0.1) is 6.42 Å². The fraction of sp³-hybridized carbons (Fsp3) is 0.300. The number of hydrogen-bond donors (Lipinski definition) is 3. The predicted molar refractivity (Wildman–Crippen MR) is 64.3 cm³/mol. The number of aryl methyl sites for hydroxylation is 1. The van der Waals surface area contributed by atoms with Crippen molar-refractivity contribution in [2.24, 2.45) is 7.05 Å². The highest BCUT2D eigenvalue weighted by Crippen LogP contribution is 2.13. The Morgan fingerprint density at radius 3 is 2.44 bits per heavy atom. The Morgan fingerprint density at radius 1 is 1.44 bits per heavy atom. The van der Waals surface area contributed by atoms with Crippen LogP contribution in [0.2, 0.25) is 0 Å². The van der Waals surface area contributed by atoms with Crippen LogP contribution in [-0.4, -0.2) is 38.7 Å². The molecule has 0 aliphatic carbocycles. The minimum absolute atomic E-state index is 0.235. The van der Waals surface area contributed by atoms with E-state index in [0.29, 0.717) is 4.47 Å². The van der Waals surface area contributed by atoms with Crippen LogP contribution in [0.1, 0.15) is 16.9 Å². The second-order valence-electron chi connectivity index (χ2n) is 3.62. The Hall–Kier alpha value is -1.83. The van der Waals surface area contributed by atoms with Crippen LogP contribution in [0.4, 0.5) is 0 Å². The van der Waals surface area contributed by atoms with E-state index in [0.717, 1.165) is 0 Å². The maximum Gasteiger partial charge on any atom is 0.326 e. The van der Waals surface area contributed by atoms with Crippen LogP contribution in [0.5, 0.6) is 0 Å². The lowest BCUT2D eigenvalue weighted by atomic mass is 10.2. The number of carbonyl (C=O) groups excluding carboxylic acids is 1. The van der Waals surface area contributed by atoms with Crippen LogP contribution in [0, 0.1) is 0 Å². The van der Waals surface area contributed by atoms with Gasteiger partial charge >= 0.3 is 11.9 Å². The highest BCUT2D eigenvalue weighted by molar-refractivity contribution is 9.10. The zero-order valence-electron chi connectivity index (χ0n) is 9.38. The Bertz CT molecular complexity index is 496. The molecule has 0 saturated heterocycles. The lowest BCUT2D eigenvalue weighted by Crippen LogP contribution is -2.42. The van der Waals surface area contributed by atoms with Gasteiger partial charge in [0.1, 0.15) is 11.7 Å². The fourth-order valence-corrected chi connectivity index (χ4v) is 1.88. The van der Waals surface area contributed by atoms with Crippen molar-refractivity contribution in [1.82, 2.24) is 9.88 Å². The molecular weight excluding hydrogens is 308 g/mol. The number of carbonyl (C=O) groups is 3. The molecule has 3 N–H and O–H groups in total. The van der Waals surface area contributed by atoms with Gasteiger partial charge in [-0.1, -0.05) is 0 Å². The summed E-state index contributed by atoms with van der Waals surface area (Å²) in [5.41, 5.74) is 0.235. The van der Waals surface area contributed by atoms with E-state index < -0.39 is 30.3 Å². The van der Waals surface area contributed by atoms with E-state index in [2.05, 4.69) is 21.2 Å². The molecule has 7 nitrogen and oxygen atoms in total. The Labute approximate surface area is 111 Å². The number of halogens is 1. The first-order valence-corrected chi connectivity index (χ1v) is 5.68. The van der Waals surface area contributed by atoms with Crippen molar-refractivity contribution in [3.05, 3.63) is 22.4 Å². The molecule has 18 heavy (non-hydrogen) atoms. The molecule has 0 aromatic carbocycles.